The number of anilines is 1. The van der Waals surface area contributed by atoms with Crippen LogP contribution >= 0.6 is 0 Å². The molecule has 1 aliphatic heterocycles. The maximum absolute atomic E-state index is 12.2. The molecule has 1 heterocycles. The first-order valence-electron chi connectivity index (χ1n) is 8.18. The van der Waals surface area contributed by atoms with Gasteiger partial charge in [0, 0.05) is 25.2 Å². The van der Waals surface area contributed by atoms with Crippen molar-refractivity contribution in [2.24, 2.45) is 0 Å². The molecular weight excluding hydrogens is 318 g/mol. The third-order valence-corrected chi connectivity index (χ3v) is 4.12. The molecule has 0 saturated carbocycles. The summed E-state index contributed by atoms with van der Waals surface area (Å²) in [6.07, 6.45) is 0.307. The third kappa shape index (κ3) is 4.29. The molecule has 6 nitrogen and oxygen atoms in total. The minimum atomic E-state index is -0.282. The average molecular weight is 339 g/mol. The Labute approximate surface area is 146 Å². The molecule has 1 saturated heterocycles. The lowest BCUT2D eigenvalue weighted by atomic mass is 10.2. The molecule has 0 aliphatic carbocycles. The van der Waals surface area contributed by atoms with E-state index >= 15 is 0 Å². The summed E-state index contributed by atoms with van der Waals surface area (Å²) >= 11 is 0. The Kier molecular flexibility index (Phi) is 5.18. The maximum Gasteiger partial charge on any atom is 0.315 e. The van der Waals surface area contributed by atoms with Crippen LogP contribution in [0.1, 0.15) is 12.0 Å². The van der Waals surface area contributed by atoms with E-state index in [1.807, 2.05) is 54.6 Å². The van der Waals surface area contributed by atoms with Crippen LogP contribution in [0.2, 0.25) is 0 Å². The molecule has 2 aromatic rings. The summed E-state index contributed by atoms with van der Waals surface area (Å²) in [7, 11) is 1.61. The lowest BCUT2D eigenvalue weighted by molar-refractivity contribution is -0.117. The van der Waals surface area contributed by atoms with E-state index in [1.165, 1.54) is 0 Å². The number of hydrogen-bond donors (Lipinski definition) is 2. The molecule has 1 aliphatic rings. The average Bonchev–Trinajstić information content (AvgIpc) is 3.01. The number of nitrogens with zero attached hydrogens (tertiary/aromatic N) is 1. The summed E-state index contributed by atoms with van der Waals surface area (Å²) in [4.78, 5) is 26.0. The van der Waals surface area contributed by atoms with Gasteiger partial charge in [-0.25, -0.2) is 4.79 Å². The van der Waals surface area contributed by atoms with E-state index in [2.05, 4.69) is 10.6 Å². The van der Waals surface area contributed by atoms with Crippen LogP contribution in [0.3, 0.4) is 0 Å². The Hall–Kier alpha value is -3.02. The van der Waals surface area contributed by atoms with Crippen molar-refractivity contribution in [3.8, 4) is 5.75 Å². The zero-order valence-corrected chi connectivity index (χ0v) is 14.1. The molecule has 1 unspecified atom stereocenters. The predicted octanol–water partition coefficient (Wildman–Crippen LogP) is 2.30. The normalized spacial score (nSPS) is 16.6. The number of rotatable bonds is 5. The Morgan fingerprint density at radius 2 is 2.00 bits per heavy atom. The second-order valence-electron chi connectivity index (χ2n) is 5.92. The van der Waals surface area contributed by atoms with Crippen LogP contribution in [0.25, 0.3) is 0 Å². The van der Waals surface area contributed by atoms with Gasteiger partial charge in [0.2, 0.25) is 5.91 Å². The lowest BCUT2D eigenvalue weighted by Gasteiger charge is -2.17. The number of carbonyl (C=O) groups excluding carboxylic acids is 2. The number of hydrogen-bond acceptors (Lipinski definition) is 3. The fourth-order valence-electron chi connectivity index (χ4n) is 2.86. The summed E-state index contributed by atoms with van der Waals surface area (Å²) in [6.45, 7) is 0.877. The van der Waals surface area contributed by atoms with Crippen molar-refractivity contribution in [2.45, 2.75) is 19.0 Å². The van der Waals surface area contributed by atoms with Gasteiger partial charge in [-0.3, -0.25) is 4.79 Å². The monoisotopic (exact) mass is 339 g/mol. The van der Waals surface area contributed by atoms with Crippen LogP contribution in [0.15, 0.2) is 54.6 Å². The molecule has 25 heavy (non-hydrogen) atoms. The highest BCUT2D eigenvalue weighted by molar-refractivity contribution is 5.96. The highest BCUT2D eigenvalue weighted by atomic mass is 16.5. The van der Waals surface area contributed by atoms with Crippen molar-refractivity contribution in [1.29, 1.82) is 0 Å². The molecule has 2 aromatic carbocycles. The highest BCUT2D eigenvalue weighted by Gasteiger charge is 2.31. The van der Waals surface area contributed by atoms with Gasteiger partial charge in [0.15, 0.2) is 0 Å². The number of para-hydroxylation sites is 1. The van der Waals surface area contributed by atoms with E-state index < -0.39 is 0 Å². The van der Waals surface area contributed by atoms with Gasteiger partial charge in [0.1, 0.15) is 5.75 Å². The number of benzene rings is 2. The van der Waals surface area contributed by atoms with Crippen molar-refractivity contribution >= 4 is 17.6 Å². The van der Waals surface area contributed by atoms with E-state index in [4.69, 9.17) is 4.74 Å². The van der Waals surface area contributed by atoms with E-state index in [1.54, 1.807) is 12.0 Å². The fraction of sp³-hybridized carbons (Fsp3) is 0.263. The first kappa shape index (κ1) is 16.8. The quantitative estimate of drug-likeness (QED) is 0.878. The molecule has 2 N–H and O–H groups in total. The second kappa shape index (κ2) is 7.70. The minimum absolute atomic E-state index is 0.0179. The first-order chi connectivity index (χ1) is 12.2. The molecule has 0 bridgehead atoms. The van der Waals surface area contributed by atoms with Crippen LogP contribution < -0.4 is 20.3 Å². The van der Waals surface area contributed by atoms with Gasteiger partial charge in [0.05, 0.1) is 13.2 Å². The summed E-state index contributed by atoms with van der Waals surface area (Å²) in [6, 6.07) is 16.5. The van der Waals surface area contributed by atoms with Crippen molar-refractivity contribution in [3.63, 3.8) is 0 Å². The minimum Gasteiger partial charge on any atom is -0.497 e. The van der Waals surface area contributed by atoms with Crippen molar-refractivity contribution in [1.82, 2.24) is 10.6 Å². The molecule has 0 aromatic heterocycles. The molecule has 1 atom stereocenters. The molecule has 3 rings (SSSR count). The Bertz CT molecular complexity index is 749. The molecule has 1 fully saturated rings. The van der Waals surface area contributed by atoms with E-state index in [0.29, 0.717) is 19.5 Å². The number of methoxy groups -OCH3 is 1. The summed E-state index contributed by atoms with van der Waals surface area (Å²) < 4.78 is 5.16. The molecule has 0 radical (unpaired) electrons. The van der Waals surface area contributed by atoms with E-state index in [0.717, 1.165) is 17.0 Å². The smallest absolute Gasteiger partial charge is 0.315 e. The van der Waals surface area contributed by atoms with Crippen LogP contribution in [0.4, 0.5) is 10.5 Å². The van der Waals surface area contributed by atoms with Crippen molar-refractivity contribution < 1.29 is 14.3 Å². The van der Waals surface area contributed by atoms with Crippen molar-refractivity contribution in [3.05, 3.63) is 60.2 Å². The van der Waals surface area contributed by atoms with E-state index in [-0.39, 0.29) is 18.0 Å². The number of ether oxygens (including phenoxy) is 1. The molecule has 0 spiro atoms. The predicted molar refractivity (Wildman–Crippen MR) is 95.6 cm³/mol. The molecule has 130 valence electrons. The van der Waals surface area contributed by atoms with Gasteiger partial charge < -0.3 is 20.3 Å². The summed E-state index contributed by atoms with van der Waals surface area (Å²) in [5, 5.41) is 5.68. The molecule has 3 amide bonds. The standard InChI is InChI=1S/C19H21N3O3/c1-25-17-9-5-6-14(10-17)12-20-19(24)21-15-11-18(23)22(13-15)16-7-3-2-4-8-16/h2-10,15H,11-13H2,1H3,(H2,20,21,24). The highest BCUT2D eigenvalue weighted by Crippen LogP contribution is 2.21. The maximum atomic E-state index is 12.2. The van der Waals surface area contributed by atoms with Gasteiger partial charge in [-0.05, 0) is 29.8 Å². The Balaban J connectivity index is 1.51. The largest absolute Gasteiger partial charge is 0.497 e. The molecular formula is C19H21N3O3. The van der Waals surface area contributed by atoms with E-state index in [9.17, 15) is 9.59 Å². The van der Waals surface area contributed by atoms with Crippen LogP contribution in [-0.2, 0) is 11.3 Å². The number of nitrogens with one attached hydrogen (secondary N) is 2. The summed E-state index contributed by atoms with van der Waals surface area (Å²) in [5.41, 5.74) is 1.80. The lowest BCUT2D eigenvalue weighted by Crippen LogP contribution is -2.43. The topological polar surface area (TPSA) is 70.7 Å². The number of carbonyl (C=O) groups is 2. The fourth-order valence-corrected chi connectivity index (χ4v) is 2.86. The van der Waals surface area contributed by atoms with Gasteiger partial charge in [0.25, 0.3) is 0 Å². The zero-order valence-electron chi connectivity index (χ0n) is 14.1. The van der Waals surface area contributed by atoms with Crippen LogP contribution in [0.5, 0.6) is 5.75 Å². The Morgan fingerprint density at radius 3 is 2.76 bits per heavy atom. The van der Waals surface area contributed by atoms with Gasteiger partial charge in [-0.1, -0.05) is 30.3 Å². The van der Waals surface area contributed by atoms with Gasteiger partial charge in [-0.15, -0.1) is 0 Å². The number of amides is 3. The van der Waals surface area contributed by atoms with Crippen LogP contribution in [0, 0.1) is 0 Å². The van der Waals surface area contributed by atoms with Gasteiger partial charge in [-0.2, -0.15) is 0 Å². The Morgan fingerprint density at radius 1 is 1.20 bits per heavy atom. The van der Waals surface area contributed by atoms with Crippen molar-refractivity contribution in [2.75, 3.05) is 18.6 Å². The zero-order chi connectivity index (χ0) is 17.6. The summed E-state index contributed by atoms with van der Waals surface area (Å²) in [5.74, 6) is 0.767. The van der Waals surface area contributed by atoms with Gasteiger partial charge >= 0.3 is 6.03 Å². The molecule has 6 heteroatoms. The van der Waals surface area contributed by atoms with Crippen LogP contribution in [-0.4, -0.2) is 31.6 Å². The SMILES string of the molecule is COc1cccc(CNC(=O)NC2CC(=O)N(c3ccccc3)C2)c1. The second-order valence-corrected chi connectivity index (χ2v) is 5.92. The first-order valence-corrected chi connectivity index (χ1v) is 8.18. The third-order valence-electron chi connectivity index (χ3n) is 4.12. The number of urea groups is 1.